The number of carbonyl (C=O) groups is 1. The standard InChI is InChI=1S/C15H14ClN3O4/c1-23-14-7-2-10(16)8-13(14)17-9-15(20)18-11-3-5-12(6-4-11)19(21)22/h2-8,17H,9H2,1H3,(H,18,20). The number of rotatable bonds is 6. The van der Waals surface area contributed by atoms with Gasteiger partial charge in [-0.1, -0.05) is 11.6 Å². The highest BCUT2D eigenvalue weighted by Crippen LogP contribution is 2.27. The third-order valence-electron chi connectivity index (χ3n) is 2.96. The molecule has 0 aliphatic carbocycles. The van der Waals surface area contributed by atoms with Crippen LogP contribution in [0.25, 0.3) is 0 Å². The minimum absolute atomic E-state index is 0.00626. The van der Waals surface area contributed by atoms with Crippen molar-refractivity contribution in [2.24, 2.45) is 0 Å². The van der Waals surface area contributed by atoms with E-state index >= 15 is 0 Å². The van der Waals surface area contributed by atoms with E-state index in [4.69, 9.17) is 16.3 Å². The van der Waals surface area contributed by atoms with Gasteiger partial charge in [0.2, 0.25) is 5.91 Å². The van der Waals surface area contributed by atoms with Gasteiger partial charge < -0.3 is 15.4 Å². The lowest BCUT2D eigenvalue weighted by molar-refractivity contribution is -0.384. The number of nitrogens with zero attached hydrogens (tertiary/aromatic N) is 1. The number of hydrogen-bond acceptors (Lipinski definition) is 5. The Labute approximate surface area is 137 Å². The molecule has 120 valence electrons. The quantitative estimate of drug-likeness (QED) is 0.624. The Hall–Kier alpha value is -2.80. The molecule has 0 aliphatic heterocycles. The summed E-state index contributed by atoms with van der Waals surface area (Å²) in [5.74, 6) is 0.262. The van der Waals surface area contributed by atoms with Crippen LogP contribution in [0.2, 0.25) is 5.02 Å². The first-order valence-electron chi connectivity index (χ1n) is 6.61. The Balaban J connectivity index is 1.95. The number of amides is 1. The van der Waals surface area contributed by atoms with Crippen molar-refractivity contribution in [2.45, 2.75) is 0 Å². The van der Waals surface area contributed by atoms with Gasteiger partial charge in [0.05, 0.1) is 24.3 Å². The van der Waals surface area contributed by atoms with Gasteiger partial charge in [-0.05, 0) is 30.3 Å². The summed E-state index contributed by atoms with van der Waals surface area (Å²) in [7, 11) is 1.52. The molecule has 0 spiro atoms. The first kappa shape index (κ1) is 16.6. The van der Waals surface area contributed by atoms with Gasteiger partial charge in [0.25, 0.3) is 5.69 Å². The molecule has 0 atom stereocenters. The van der Waals surface area contributed by atoms with Gasteiger partial charge in [-0.3, -0.25) is 14.9 Å². The second-order valence-electron chi connectivity index (χ2n) is 4.55. The molecule has 2 N–H and O–H groups in total. The van der Waals surface area contributed by atoms with Crippen LogP contribution < -0.4 is 15.4 Å². The third kappa shape index (κ3) is 4.58. The second-order valence-corrected chi connectivity index (χ2v) is 4.99. The van der Waals surface area contributed by atoms with Crippen LogP contribution in [0.4, 0.5) is 17.1 Å². The molecular weight excluding hydrogens is 322 g/mol. The van der Waals surface area contributed by atoms with Gasteiger partial charge in [0, 0.05) is 22.8 Å². The van der Waals surface area contributed by atoms with E-state index in [0.29, 0.717) is 22.1 Å². The monoisotopic (exact) mass is 335 g/mol. The molecule has 0 bridgehead atoms. The Morgan fingerprint density at radius 3 is 2.57 bits per heavy atom. The van der Waals surface area contributed by atoms with Gasteiger partial charge in [-0.2, -0.15) is 0 Å². The molecule has 0 fully saturated rings. The van der Waals surface area contributed by atoms with Crippen molar-refractivity contribution in [3.8, 4) is 5.75 Å². The van der Waals surface area contributed by atoms with Gasteiger partial charge >= 0.3 is 0 Å². The van der Waals surface area contributed by atoms with Gasteiger partial charge in [0.1, 0.15) is 5.75 Å². The normalized spacial score (nSPS) is 10.0. The highest BCUT2D eigenvalue weighted by molar-refractivity contribution is 6.30. The SMILES string of the molecule is COc1ccc(Cl)cc1NCC(=O)Nc1ccc([N+](=O)[O-])cc1. The average molecular weight is 336 g/mol. The smallest absolute Gasteiger partial charge is 0.269 e. The fraction of sp³-hybridized carbons (Fsp3) is 0.133. The van der Waals surface area contributed by atoms with Crippen LogP contribution in [0.15, 0.2) is 42.5 Å². The topological polar surface area (TPSA) is 93.5 Å². The highest BCUT2D eigenvalue weighted by atomic mass is 35.5. The van der Waals surface area contributed by atoms with E-state index in [1.165, 1.54) is 31.4 Å². The van der Waals surface area contributed by atoms with E-state index in [0.717, 1.165) is 0 Å². The molecule has 0 saturated heterocycles. The van der Waals surface area contributed by atoms with Crippen molar-refractivity contribution in [2.75, 3.05) is 24.3 Å². The first-order valence-corrected chi connectivity index (χ1v) is 6.99. The molecule has 2 aromatic rings. The van der Waals surface area contributed by atoms with E-state index in [1.807, 2.05) is 0 Å². The number of halogens is 1. The minimum Gasteiger partial charge on any atom is -0.495 e. The molecule has 2 rings (SSSR count). The minimum atomic E-state index is -0.501. The summed E-state index contributed by atoms with van der Waals surface area (Å²) in [6, 6.07) is 10.6. The van der Waals surface area contributed by atoms with E-state index in [9.17, 15) is 14.9 Å². The summed E-state index contributed by atoms with van der Waals surface area (Å²) in [5.41, 5.74) is 1.03. The van der Waals surface area contributed by atoms with Crippen molar-refractivity contribution < 1.29 is 14.5 Å². The second kappa shape index (κ2) is 7.46. The molecule has 23 heavy (non-hydrogen) atoms. The number of nitro groups is 1. The maximum absolute atomic E-state index is 11.9. The van der Waals surface area contributed by atoms with Crippen molar-refractivity contribution in [1.29, 1.82) is 0 Å². The summed E-state index contributed by atoms with van der Waals surface area (Å²) >= 11 is 5.91. The summed E-state index contributed by atoms with van der Waals surface area (Å²) in [6.07, 6.45) is 0. The number of hydrogen-bond donors (Lipinski definition) is 2. The predicted molar refractivity (Wildman–Crippen MR) is 88.2 cm³/mol. The van der Waals surface area contributed by atoms with Crippen LogP contribution in [-0.4, -0.2) is 24.5 Å². The molecule has 0 unspecified atom stereocenters. The Morgan fingerprint density at radius 2 is 1.96 bits per heavy atom. The average Bonchev–Trinajstić information content (AvgIpc) is 2.53. The zero-order valence-corrected chi connectivity index (χ0v) is 13.0. The lowest BCUT2D eigenvalue weighted by Gasteiger charge is -2.11. The first-order chi connectivity index (χ1) is 11.0. The van der Waals surface area contributed by atoms with E-state index in [-0.39, 0.29) is 18.1 Å². The van der Waals surface area contributed by atoms with Crippen LogP contribution >= 0.6 is 11.6 Å². The number of anilines is 2. The van der Waals surface area contributed by atoms with Crippen LogP contribution in [0.5, 0.6) is 5.75 Å². The fourth-order valence-electron chi connectivity index (χ4n) is 1.87. The molecule has 0 radical (unpaired) electrons. The molecule has 0 saturated carbocycles. The van der Waals surface area contributed by atoms with Crippen molar-refractivity contribution in [1.82, 2.24) is 0 Å². The molecule has 0 aromatic heterocycles. The number of methoxy groups -OCH3 is 1. The molecule has 2 aromatic carbocycles. The van der Waals surface area contributed by atoms with E-state index < -0.39 is 4.92 Å². The maximum atomic E-state index is 11.9. The molecule has 0 aliphatic rings. The van der Waals surface area contributed by atoms with Crippen molar-refractivity contribution in [3.63, 3.8) is 0 Å². The Bertz CT molecular complexity index is 719. The van der Waals surface area contributed by atoms with E-state index in [1.54, 1.807) is 18.2 Å². The summed E-state index contributed by atoms with van der Waals surface area (Å²) < 4.78 is 5.17. The third-order valence-corrected chi connectivity index (χ3v) is 3.20. The Morgan fingerprint density at radius 1 is 1.26 bits per heavy atom. The molecule has 8 heteroatoms. The summed E-state index contributed by atoms with van der Waals surface area (Å²) in [5, 5.41) is 16.6. The van der Waals surface area contributed by atoms with Crippen molar-refractivity contribution >= 4 is 34.6 Å². The zero-order valence-electron chi connectivity index (χ0n) is 12.2. The van der Waals surface area contributed by atoms with Crippen molar-refractivity contribution in [3.05, 3.63) is 57.6 Å². The van der Waals surface area contributed by atoms with Gasteiger partial charge in [-0.25, -0.2) is 0 Å². The molecule has 1 amide bonds. The molecular formula is C15H14ClN3O4. The Kier molecular flexibility index (Phi) is 5.37. The highest BCUT2D eigenvalue weighted by Gasteiger charge is 2.08. The lowest BCUT2D eigenvalue weighted by Crippen LogP contribution is -2.21. The molecule has 7 nitrogen and oxygen atoms in total. The van der Waals surface area contributed by atoms with Gasteiger partial charge in [0.15, 0.2) is 0 Å². The fourth-order valence-corrected chi connectivity index (χ4v) is 2.04. The van der Waals surface area contributed by atoms with Crippen LogP contribution in [0.1, 0.15) is 0 Å². The molecule has 0 heterocycles. The van der Waals surface area contributed by atoms with E-state index in [2.05, 4.69) is 10.6 Å². The van der Waals surface area contributed by atoms with Crippen LogP contribution in [0.3, 0.4) is 0 Å². The summed E-state index contributed by atoms with van der Waals surface area (Å²) in [4.78, 5) is 22.0. The number of ether oxygens (including phenoxy) is 1. The largest absolute Gasteiger partial charge is 0.495 e. The summed E-state index contributed by atoms with van der Waals surface area (Å²) in [6.45, 7) is -0.00626. The van der Waals surface area contributed by atoms with Crippen LogP contribution in [-0.2, 0) is 4.79 Å². The number of carbonyl (C=O) groups excluding carboxylic acids is 1. The zero-order chi connectivity index (χ0) is 16.8. The number of non-ortho nitro benzene ring substituents is 1. The number of benzene rings is 2. The van der Waals surface area contributed by atoms with Crippen LogP contribution in [0, 0.1) is 10.1 Å². The lowest BCUT2D eigenvalue weighted by atomic mass is 10.2. The predicted octanol–water partition coefficient (Wildman–Crippen LogP) is 3.31. The van der Waals surface area contributed by atoms with Gasteiger partial charge in [-0.15, -0.1) is 0 Å². The number of nitrogens with one attached hydrogen (secondary N) is 2. The maximum Gasteiger partial charge on any atom is 0.269 e. The number of nitro benzene ring substituents is 1.